The summed E-state index contributed by atoms with van der Waals surface area (Å²) in [5.74, 6) is 2.26. The Hall–Kier alpha value is -1.59. The summed E-state index contributed by atoms with van der Waals surface area (Å²) >= 11 is 0. The van der Waals surface area contributed by atoms with E-state index in [4.69, 9.17) is 4.74 Å². The summed E-state index contributed by atoms with van der Waals surface area (Å²) in [7, 11) is 1.85. The van der Waals surface area contributed by atoms with E-state index >= 15 is 0 Å². The molecule has 0 spiro atoms. The highest BCUT2D eigenvalue weighted by Crippen LogP contribution is 2.33. The number of benzene rings is 1. The average molecular weight is 387 g/mol. The van der Waals surface area contributed by atoms with Crippen LogP contribution in [0.25, 0.3) is 0 Å². The second-order valence-electron chi connectivity index (χ2n) is 8.51. The summed E-state index contributed by atoms with van der Waals surface area (Å²) in [5.41, 5.74) is 2.58. The van der Waals surface area contributed by atoms with Gasteiger partial charge in [0, 0.05) is 39.2 Å². The van der Waals surface area contributed by atoms with E-state index in [1.165, 1.54) is 43.5 Å². The molecule has 156 valence electrons. The predicted molar refractivity (Wildman–Crippen MR) is 117 cm³/mol. The molecule has 2 unspecified atom stereocenters. The number of hydrogen-bond acceptors (Lipinski definition) is 3. The maximum absolute atomic E-state index is 6.14. The van der Waals surface area contributed by atoms with Crippen molar-refractivity contribution in [3.05, 3.63) is 35.4 Å². The Morgan fingerprint density at radius 1 is 1.14 bits per heavy atom. The summed E-state index contributed by atoms with van der Waals surface area (Å²) in [4.78, 5) is 6.97. The van der Waals surface area contributed by atoms with Crippen molar-refractivity contribution in [1.29, 1.82) is 0 Å². The van der Waals surface area contributed by atoms with Gasteiger partial charge in [0.1, 0.15) is 0 Å². The van der Waals surface area contributed by atoms with Crippen molar-refractivity contribution in [3.8, 4) is 0 Å². The Kier molecular flexibility index (Phi) is 8.16. The highest BCUT2D eigenvalue weighted by Gasteiger charge is 2.27. The van der Waals surface area contributed by atoms with Gasteiger partial charge in [0.2, 0.25) is 0 Å². The first-order valence-corrected chi connectivity index (χ1v) is 11.0. The third kappa shape index (κ3) is 6.21. The van der Waals surface area contributed by atoms with Gasteiger partial charge in [0.15, 0.2) is 5.96 Å². The number of nitrogens with one attached hydrogen (secondary N) is 2. The van der Waals surface area contributed by atoms with Crippen molar-refractivity contribution in [3.63, 3.8) is 0 Å². The standard InChI is InChI=1S/C23H38N4O/c1-18-6-8-20(9-7-18)22-21(5-4-16-28-22)17-26-23(24-3)25-12-15-27-13-10-19(2)11-14-27/h6-9,19,21-22H,4-5,10-17H2,1-3H3,(H2,24,25,26). The van der Waals surface area contributed by atoms with Gasteiger partial charge >= 0.3 is 0 Å². The zero-order valence-corrected chi connectivity index (χ0v) is 17.9. The molecule has 2 fully saturated rings. The quantitative estimate of drug-likeness (QED) is 0.581. The molecule has 1 aromatic carbocycles. The molecule has 0 bridgehead atoms. The van der Waals surface area contributed by atoms with E-state index in [1.54, 1.807) is 0 Å². The molecule has 2 saturated heterocycles. The van der Waals surface area contributed by atoms with Gasteiger partial charge in [0.25, 0.3) is 0 Å². The molecule has 0 aromatic heterocycles. The molecule has 2 aliphatic heterocycles. The fourth-order valence-corrected chi connectivity index (χ4v) is 4.24. The molecular weight excluding hydrogens is 348 g/mol. The van der Waals surface area contributed by atoms with Crippen molar-refractivity contribution >= 4 is 5.96 Å². The minimum atomic E-state index is 0.176. The van der Waals surface area contributed by atoms with Crippen molar-refractivity contribution < 1.29 is 4.74 Å². The Balaban J connectivity index is 1.44. The number of piperidine rings is 1. The number of likely N-dealkylation sites (tertiary alicyclic amines) is 1. The SMILES string of the molecule is CN=C(NCCN1CCC(C)CC1)NCC1CCCOC1c1ccc(C)cc1. The van der Waals surface area contributed by atoms with Gasteiger partial charge < -0.3 is 20.3 Å². The molecule has 0 saturated carbocycles. The highest BCUT2D eigenvalue weighted by atomic mass is 16.5. The fourth-order valence-electron chi connectivity index (χ4n) is 4.24. The largest absolute Gasteiger partial charge is 0.373 e. The second kappa shape index (κ2) is 10.8. The molecule has 0 amide bonds. The molecule has 28 heavy (non-hydrogen) atoms. The van der Waals surface area contributed by atoms with Gasteiger partial charge in [-0.25, -0.2) is 0 Å². The van der Waals surface area contributed by atoms with Crippen molar-refractivity contribution in [2.75, 3.05) is 46.4 Å². The van der Waals surface area contributed by atoms with E-state index in [0.29, 0.717) is 5.92 Å². The first-order valence-electron chi connectivity index (χ1n) is 11.0. The Bertz CT molecular complexity index is 608. The number of nitrogens with zero attached hydrogens (tertiary/aromatic N) is 2. The van der Waals surface area contributed by atoms with Crippen LogP contribution in [-0.4, -0.2) is 57.2 Å². The molecule has 2 aliphatic rings. The van der Waals surface area contributed by atoms with Crippen LogP contribution in [0.4, 0.5) is 0 Å². The zero-order chi connectivity index (χ0) is 19.8. The minimum absolute atomic E-state index is 0.176. The van der Waals surface area contributed by atoms with Crippen LogP contribution in [0.15, 0.2) is 29.3 Å². The predicted octanol–water partition coefficient (Wildman–Crippen LogP) is 3.36. The number of aryl methyl sites for hydroxylation is 1. The molecule has 5 heteroatoms. The molecule has 3 rings (SSSR count). The van der Waals surface area contributed by atoms with Crippen LogP contribution in [0.3, 0.4) is 0 Å². The third-order valence-electron chi connectivity index (χ3n) is 6.20. The summed E-state index contributed by atoms with van der Waals surface area (Å²) < 4.78 is 6.14. The van der Waals surface area contributed by atoms with E-state index in [9.17, 15) is 0 Å². The van der Waals surface area contributed by atoms with Gasteiger partial charge in [-0.3, -0.25) is 4.99 Å². The van der Waals surface area contributed by atoms with E-state index in [0.717, 1.165) is 44.5 Å². The summed E-state index contributed by atoms with van der Waals surface area (Å²) in [5, 5.41) is 7.02. The van der Waals surface area contributed by atoms with Crippen molar-refractivity contribution in [2.45, 2.75) is 45.6 Å². The summed E-state index contributed by atoms with van der Waals surface area (Å²) in [6.45, 7) is 10.7. The monoisotopic (exact) mass is 386 g/mol. The van der Waals surface area contributed by atoms with Crippen LogP contribution in [-0.2, 0) is 4.74 Å². The molecule has 1 aromatic rings. The van der Waals surface area contributed by atoms with Gasteiger partial charge in [0.05, 0.1) is 6.10 Å². The van der Waals surface area contributed by atoms with Crippen LogP contribution in [0.1, 0.15) is 49.8 Å². The lowest BCUT2D eigenvalue weighted by Gasteiger charge is -2.33. The lowest BCUT2D eigenvalue weighted by atomic mass is 9.89. The van der Waals surface area contributed by atoms with Crippen molar-refractivity contribution in [2.24, 2.45) is 16.8 Å². The van der Waals surface area contributed by atoms with E-state index in [-0.39, 0.29) is 6.10 Å². The van der Waals surface area contributed by atoms with E-state index in [1.807, 2.05) is 7.05 Å². The average Bonchev–Trinajstić information content (AvgIpc) is 2.73. The topological polar surface area (TPSA) is 48.9 Å². The summed E-state index contributed by atoms with van der Waals surface area (Å²) in [6, 6.07) is 8.79. The van der Waals surface area contributed by atoms with E-state index in [2.05, 4.69) is 58.6 Å². The van der Waals surface area contributed by atoms with Crippen LogP contribution in [0.2, 0.25) is 0 Å². The van der Waals surface area contributed by atoms with Crippen LogP contribution in [0.5, 0.6) is 0 Å². The third-order valence-corrected chi connectivity index (χ3v) is 6.20. The maximum atomic E-state index is 6.14. The number of ether oxygens (including phenoxy) is 1. The number of aliphatic imine (C=N–C) groups is 1. The van der Waals surface area contributed by atoms with Crippen molar-refractivity contribution in [1.82, 2.24) is 15.5 Å². The maximum Gasteiger partial charge on any atom is 0.191 e. The minimum Gasteiger partial charge on any atom is -0.373 e. The molecular formula is C23H38N4O. The first kappa shape index (κ1) is 21.1. The lowest BCUT2D eigenvalue weighted by molar-refractivity contribution is -0.0265. The molecule has 0 aliphatic carbocycles. The Labute approximate surface area is 170 Å². The Morgan fingerprint density at radius 2 is 1.89 bits per heavy atom. The number of guanidine groups is 1. The summed E-state index contributed by atoms with van der Waals surface area (Å²) in [6.07, 6.45) is 5.16. The van der Waals surface area contributed by atoms with Crippen LogP contribution < -0.4 is 10.6 Å². The smallest absolute Gasteiger partial charge is 0.191 e. The van der Waals surface area contributed by atoms with Gasteiger partial charge in [-0.05, 0) is 57.2 Å². The van der Waals surface area contributed by atoms with Crippen LogP contribution in [0, 0.1) is 18.8 Å². The number of hydrogen-bond donors (Lipinski definition) is 2. The first-order chi connectivity index (χ1) is 13.7. The molecule has 5 nitrogen and oxygen atoms in total. The molecule has 2 N–H and O–H groups in total. The van der Waals surface area contributed by atoms with Crippen LogP contribution >= 0.6 is 0 Å². The number of rotatable bonds is 6. The molecule has 2 heterocycles. The molecule has 0 radical (unpaired) electrons. The highest BCUT2D eigenvalue weighted by molar-refractivity contribution is 5.79. The normalized spacial score (nSPS) is 24.9. The van der Waals surface area contributed by atoms with Gasteiger partial charge in [-0.15, -0.1) is 0 Å². The van der Waals surface area contributed by atoms with Gasteiger partial charge in [-0.1, -0.05) is 36.8 Å². The fraction of sp³-hybridized carbons (Fsp3) is 0.696. The second-order valence-corrected chi connectivity index (χ2v) is 8.51. The lowest BCUT2D eigenvalue weighted by Crippen LogP contribution is -2.45. The zero-order valence-electron chi connectivity index (χ0n) is 17.9. The van der Waals surface area contributed by atoms with E-state index < -0.39 is 0 Å². The van der Waals surface area contributed by atoms with Gasteiger partial charge in [-0.2, -0.15) is 0 Å². The molecule has 2 atom stereocenters. The Morgan fingerprint density at radius 3 is 2.61 bits per heavy atom.